The predicted molar refractivity (Wildman–Crippen MR) is 176 cm³/mol. The molecule has 0 radical (unpaired) electrons. The fourth-order valence-electron chi connectivity index (χ4n) is 3.48. The molecule has 0 saturated heterocycles. The lowest BCUT2D eigenvalue weighted by atomic mass is 9.92. The number of rotatable bonds is 0. The van der Waals surface area contributed by atoms with Crippen LogP contribution in [0.1, 0.15) is 106 Å². The number of nitrogens with one attached hydrogen (secondary N) is 2. The van der Waals surface area contributed by atoms with Crippen LogP contribution in [0.15, 0.2) is 79.6 Å². The monoisotopic (exact) mass is 569 g/mol. The highest BCUT2D eigenvalue weighted by Crippen LogP contribution is 2.22. The number of nitrogens with zero attached hydrogens (tertiary/aromatic N) is 5. The number of fused-ring (bicyclic) bond motifs is 1. The van der Waals surface area contributed by atoms with Crippen LogP contribution < -0.4 is 0 Å². The van der Waals surface area contributed by atoms with E-state index < -0.39 is 0 Å². The van der Waals surface area contributed by atoms with Crippen LogP contribution in [0.4, 0.5) is 0 Å². The van der Waals surface area contributed by atoms with Gasteiger partial charge < -0.3 is 9.97 Å². The maximum absolute atomic E-state index is 4.53. The van der Waals surface area contributed by atoms with Gasteiger partial charge >= 0.3 is 0 Å². The molecule has 1 aromatic carbocycles. The molecule has 2 N–H and O–H groups in total. The Morgan fingerprint density at radius 1 is 0.524 bits per heavy atom. The van der Waals surface area contributed by atoms with E-state index >= 15 is 0 Å². The van der Waals surface area contributed by atoms with Gasteiger partial charge in [0.2, 0.25) is 0 Å². The van der Waals surface area contributed by atoms with Crippen molar-refractivity contribution in [2.45, 2.75) is 105 Å². The van der Waals surface area contributed by atoms with Gasteiger partial charge in [-0.1, -0.05) is 101 Å². The maximum Gasteiger partial charge on any atom is 0.112 e. The van der Waals surface area contributed by atoms with Gasteiger partial charge in [0.25, 0.3) is 0 Å². The Labute approximate surface area is 253 Å². The molecule has 0 unspecified atom stereocenters. The van der Waals surface area contributed by atoms with Crippen molar-refractivity contribution < 1.29 is 0 Å². The minimum absolute atomic E-state index is 0.0962. The van der Waals surface area contributed by atoms with Gasteiger partial charge in [-0.2, -0.15) is 0 Å². The molecule has 0 aliphatic heterocycles. The molecule has 0 aliphatic rings. The quantitative estimate of drug-likeness (QED) is 0.194. The molecule has 226 valence electrons. The summed E-state index contributed by atoms with van der Waals surface area (Å²) in [4.78, 5) is 27.5. The normalized spacial score (nSPS) is 11.8. The van der Waals surface area contributed by atoms with Crippen molar-refractivity contribution in [3.05, 3.63) is 103 Å². The van der Waals surface area contributed by atoms with Crippen molar-refractivity contribution in [2.24, 2.45) is 0 Å². The number of H-pyrrole nitrogens is 2. The molecule has 5 rings (SSSR count). The highest BCUT2D eigenvalue weighted by atomic mass is 14.9. The number of hydrogen-bond acceptors (Lipinski definition) is 5. The maximum atomic E-state index is 4.53. The van der Waals surface area contributed by atoms with Crippen LogP contribution in [0.25, 0.3) is 11.0 Å². The molecule has 0 amide bonds. The second-order valence-corrected chi connectivity index (χ2v) is 14.3. The number of benzene rings is 1. The molecule has 0 atom stereocenters. The first kappa shape index (κ1) is 34.3. The summed E-state index contributed by atoms with van der Waals surface area (Å²) in [5.41, 5.74) is 4.91. The van der Waals surface area contributed by atoms with Crippen molar-refractivity contribution in [3.8, 4) is 0 Å². The molecule has 7 heteroatoms. The second kappa shape index (κ2) is 14.3. The molecule has 0 spiro atoms. The Hall–Kier alpha value is -3.87. The molecule has 0 bridgehead atoms. The summed E-state index contributed by atoms with van der Waals surface area (Å²) >= 11 is 0. The number of aromatic amines is 2. The van der Waals surface area contributed by atoms with Crippen molar-refractivity contribution in [2.75, 3.05) is 0 Å². The minimum Gasteiger partial charge on any atom is -0.348 e. The van der Waals surface area contributed by atoms with Crippen LogP contribution in [0, 0.1) is 0 Å². The minimum atomic E-state index is 0.0962. The Balaban J connectivity index is 0.000000198. The molecule has 42 heavy (non-hydrogen) atoms. The zero-order valence-electron chi connectivity index (χ0n) is 27.7. The molecule has 0 saturated carbocycles. The highest BCUT2D eigenvalue weighted by molar-refractivity contribution is 5.74. The van der Waals surface area contributed by atoms with E-state index in [4.69, 9.17) is 0 Å². The van der Waals surface area contributed by atoms with Gasteiger partial charge in [0, 0.05) is 64.5 Å². The van der Waals surface area contributed by atoms with Crippen molar-refractivity contribution in [3.63, 3.8) is 0 Å². The van der Waals surface area contributed by atoms with E-state index in [1.807, 2.05) is 42.7 Å². The number of hydrogen-bond donors (Lipinski definition) is 2. The van der Waals surface area contributed by atoms with Gasteiger partial charge in [-0.25, -0.2) is 9.97 Å². The fraction of sp³-hybridized carbons (Fsp3) is 0.457. The zero-order valence-corrected chi connectivity index (χ0v) is 27.7. The van der Waals surface area contributed by atoms with Crippen molar-refractivity contribution in [1.82, 2.24) is 34.9 Å². The second-order valence-electron chi connectivity index (χ2n) is 14.3. The fourth-order valence-corrected chi connectivity index (χ4v) is 3.48. The van der Waals surface area contributed by atoms with Crippen LogP contribution in [0.2, 0.25) is 0 Å². The first-order valence-electron chi connectivity index (χ1n) is 14.5. The van der Waals surface area contributed by atoms with E-state index in [2.05, 4.69) is 130 Å². The molecule has 4 heterocycles. The summed E-state index contributed by atoms with van der Waals surface area (Å²) < 4.78 is 0. The third kappa shape index (κ3) is 11.6. The molecular formula is C35H51N7. The summed E-state index contributed by atoms with van der Waals surface area (Å²) in [6.07, 6.45) is 10.7. The smallest absolute Gasteiger partial charge is 0.112 e. The Morgan fingerprint density at radius 3 is 1.50 bits per heavy atom. The van der Waals surface area contributed by atoms with Crippen molar-refractivity contribution >= 4 is 11.0 Å². The number of pyridine rings is 1. The molecule has 5 aromatic rings. The molecule has 4 aromatic heterocycles. The first-order chi connectivity index (χ1) is 19.4. The summed E-state index contributed by atoms with van der Waals surface area (Å²) in [5.74, 6) is 2.09. The Kier molecular flexibility index (Phi) is 11.7. The van der Waals surface area contributed by atoms with Gasteiger partial charge in [-0.3, -0.25) is 15.0 Å². The van der Waals surface area contributed by atoms with E-state index in [9.17, 15) is 0 Å². The van der Waals surface area contributed by atoms with E-state index in [1.165, 1.54) is 0 Å². The summed E-state index contributed by atoms with van der Waals surface area (Å²) in [5, 5.41) is 0. The highest BCUT2D eigenvalue weighted by Gasteiger charge is 2.18. The van der Waals surface area contributed by atoms with Crippen LogP contribution in [-0.2, 0) is 21.7 Å². The average molecular weight is 570 g/mol. The van der Waals surface area contributed by atoms with Gasteiger partial charge in [0.05, 0.1) is 16.7 Å². The van der Waals surface area contributed by atoms with Gasteiger partial charge in [-0.05, 0) is 24.3 Å². The van der Waals surface area contributed by atoms with E-state index in [0.717, 1.165) is 34.1 Å². The van der Waals surface area contributed by atoms with Gasteiger partial charge in [0.1, 0.15) is 11.6 Å². The third-order valence-corrected chi connectivity index (χ3v) is 6.07. The van der Waals surface area contributed by atoms with E-state index in [1.54, 1.807) is 24.8 Å². The summed E-state index contributed by atoms with van der Waals surface area (Å²) in [6, 6.07) is 14.1. The number of aromatic nitrogens is 7. The third-order valence-electron chi connectivity index (χ3n) is 6.07. The van der Waals surface area contributed by atoms with Crippen molar-refractivity contribution in [1.29, 1.82) is 0 Å². The lowest BCUT2D eigenvalue weighted by Gasteiger charge is -2.16. The van der Waals surface area contributed by atoms with Crippen LogP contribution >= 0.6 is 0 Å². The zero-order chi connectivity index (χ0) is 31.6. The SMILES string of the molecule is CC(C)(C)c1ccccn1.CC(C)(C)c1cnccn1.CC(C)(C)c1nc2ccccc2[nH]1.CC(C)(C)c1ncc[nH]1. The van der Waals surface area contributed by atoms with Gasteiger partial charge in [-0.15, -0.1) is 0 Å². The Bertz CT molecular complexity index is 1340. The molecule has 0 fully saturated rings. The summed E-state index contributed by atoms with van der Waals surface area (Å²) in [7, 11) is 0. The molecular weight excluding hydrogens is 518 g/mol. The number of imidazole rings is 2. The Morgan fingerprint density at radius 2 is 1.12 bits per heavy atom. The largest absolute Gasteiger partial charge is 0.348 e. The average Bonchev–Trinajstić information content (AvgIpc) is 3.61. The standard InChI is InChI=1S/C11H14N2.C9H13N.C8H12N2.C7H12N2/c1-11(2,3)10-12-8-6-4-5-7-9(8)13-10;1-9(2,3)8-6-4-5-7-10-8;1-8(2,3)7-6-9-4-5-10-7;1-7(2,3)6-8-4-5-9-6/h4-7H,1-3H3,(H,12,13);4-7H,1-3H3;4-6H,1-3H3;4-5H,1-3H3,(H,8,9). The van der Waals surface area contributed by atoms with Crippen LogP contribution in [-0.4, -0.2) is 34.9 Å². The lowest BCUT2D eigenvalue weighted by Crippen LogP contribution is -2.13. The lowest BCUT2D eigenvalue weighted by molar-refractivity contribution is 0.552. The van der Waals surface area contributed by atoms with E-state index in [-0.39, 0.29) is 21.7 Å². The first-order valence-corrected chi connectivity index (χ1v) is 14.5. The topological polar surface area (TPSA) is 96.0 Å². The molecule has 0 aliphatic carbocycles. The van der Waals surface area contributed by atoms with E-state index in [0.29, 0.717) is 0 Å². The summed E-state index contributed by atoms with van der Waals surface area (Å²) in [6.45, 7) is 25.7. The number of para-hydroxylation sites is 2. The van der Waals surface area contributed by atoms with Crippen LogP contribution in [0.3, 0.4) is 0 Å². The van der Waals surface area contributed by atoms with Crippen LogP contribution in [0.5, 0.6) is 0 Å². The molecule has 7 nitrogen and oxygen atoms in total. The predicted octanol–water partition coefficient (Wildman–Crippen LogP) is 8.72. The van der Waals surface area contributed by atoms with Gasteiger partial charge in [0.15, 0.2) is 0 Å².